The van der Waals surface area contributed by atoms with Crippen molar-refractivity contribution in [3.05, 3.63) is 12.3 Å². The highest BCUT2D eigenvalue weighted by atomic mass is 32.2. The lowest BCUT2D eigenvalue weighted by Crippen LogP contribution is -2.24. The van der Waals surface area contributed by atoms with Crippen LogP contribution in [-0.4, -0.2) is 54.3 Å². The fraction of sp³-hybridized carbons (Fsp3) is 0.733. The first-order valence-corrected chi connectivity index (χ1v) is 9.85. The third-order valence-corrected chi connectivity index (χ3v) is 5.62. The molecule has 7 nitrogen and oxygen atoms in total. The van der Waals surface area contributed by atoms with Crippen LogP contribution in [0, 0.1) is 5.92 Å². The van der Waals surface area contributed by atoms with Gasteiger partial charge in [-0.3, -0.25) is 0 Å². The van der Waals surface area contributed by atoms with Crippen LogP contribution in [0.3, 0.4) is 0 Å². The topological polar surface area (TPSA) is 101 Å². The monoisotopic (exact) mass is 343 g/mol. The molecule has 0 bridgehead atoms. The maximum Gasteiger partial charge on any atom is 0.318 e. The van der Waals surface area contributed by atoms with Crippen LogP contribution in [0.5, 0.6) is 6.01 Å². The summed E-state index contributed by atoms with van der Waals surface area (Å²) < 4.78 is 28.9. The molecule has 1 saturated carbocycles. The van der Waals surface area contributed by atoms with Gasteiger partial charge in [0, 0.05) is 12.7 Å². The van der Waals surface area contributed by atoms with Crippen LogP contribution < -0.4 is 10.1 Å². The zero-order valence-corrected chi connectivity index (χ0v) is 14.3. The van der Waals surface area contributed by atoms with Crippen molar-refractivity contribution >= 4 is 15.7 Å². The number of aliphatic hydroxyl groups is 1. The largest absolute Gasteiger partial charge is 0.460 e. The molecule has 0 aliphatic heterocycles. The molecule has 0 saturated heterocycles. The zero-order valence-electron chi connectivity index (χ0n) is 13.4. The second-order valence-corrected chi connectivity index (χ2v) is 8.33. The molecule has 0 unspecified atom stereocenters. The molecule has 0 aromatic carbocycles. The van der Waals surface area contributed by atoms with E-state index in [9.17, 15) is 8.42 Å². The zero-order chi connectivity index (χ0) is 16.7. The summed E-state index contributed by atoms with van der Waals surface area (Å²) in [6, 6.07) is 2.00. The van der Waals surface area contributed by atoms with Gasteiger partial charge in [-0.1, -0.05) is 6.92 Å². The molecule has 8 heteroatoms. The lowest BCUT2D eigenvalue weighted by Gasteiger charge is -2.25. The van der Waals surface area contributed by atoms with Crippen LogP contribution in [0.25, 0.3) is 0 Å². The number of hydrogen-bond donors (Lipinski definition) is 2. The van der Waals surface area contributed by atoms with Crippen molar-refractivity contribution in [2.75, 3.05) is 30.0 Å². The van der Waals surface area contributed by atoms with Gasteiger partial charge in [-0.2, -0.15) is 4.98 Å². The second-order valence-electron chi connectivity index (χ2n) is 6.03. The van der Waals surface area contributed by atoms with Crippen LogP contribution in [0.2, 0.25) is 0 Å². The molecule has 0 radical (unpaired) electrons. The normalized spacial score (nSPS) is 21.8. The van der Waals surface area contributed by atoms with Crippen molar-refractivity contribution in [3.8, 4) is 6.01 Å². The third-order valence-electron chi connectivity index (χ3n) is 3.99. The number of nitrogens with zero attached hydrogens (tertiary/aromatic N) is 2. The molecule has 0 amide bonds. The number of sulfone groups is 1. The van der Waals surface area contributed by atoms with Crippen LogP contribution in [0.1, 0.15) is 32.6 Å². The lowest BCUT2D eigenvalue weighted by atomic mass is 9.89. The molecule has 23 heavy (non-hydrogen) atoms. The Hall–Kier alpha value is -1.41. The number of ether oxygens (including phenoxy) is 1. The molecule has 1 aliphatic rings. The van der Waals surface area contributed by atoms with Gasteiger partial charge in [-0.05, 0) is 37.7 Å². The lowest BCUT2D eigenvalue weighted by molar-refractivity contribution is 0.124. The summed E-state index contributed by atoms with van der Waals surface area (Å²) in [6.07, 6.45) is 6.10. The van der Waals surface area contributed by atoms with E-state index in [0.717, 1.165) is 31.6 Å². The summed E-state index contributed by atoms with van der Waals surface area (Å²) in [6.45, 7) is 2.13. The van der Waals surface area contributed by atoms with Gasteiger partial charge < -0.3 is 15.2 Å². The number of nitrogens with one attached hydrogen (secondary N) is 1. The number of rotatable bonds is 8. The molecule has 1 aromatic heterocycles. The Kier molecular flexibility index (Phi) is 6.59. The average molecular weight is 343 g/mol. The maximum atomic E-state index is 11.5. The molecule has 130 valence electrons. The molecule has 1 fully saturated rings. The fourth-order valence-electron chi connectivity index (χ4n) is 2.57. The molecule has 2 N–H and O–H groups in total. The molecular weight excluding hydrogens is 318 g/mol. The number of aliphatic hydroxyl groups excluding tert-OH is 1. The van der Waals surface area contributed by atoms with E-state index in [0.29, 0.717) is 11.8 Å². The fourth-order valence-corrected chi connectivity index (χ4v) is 3.46. The van der Waals surface area contributed by atoms with E-state index in [4.69, 9.17) is 9.84 Å². The Morgan fingerprint density at radius 1 is 1.30 bits per heavy atom. The Balaban J connectivity index is 1.82. The van der Waals surface area contributed by atoms with Crippen LogP contribution >= 0.6 is 0 Å². The van der Waals surface area contributed by atoms with Crippen molar-refractivity contribution in [2.24, 2.45) is 5.92 Å². The highest BCUT2D eigenvalue weighted by Crippen LogP contribution is 2.26. The maximum absolute atomic E-state index is 11.5. The van der Waals surface area contributed by atoms with Crippen molar-refractivity contribution in [1.29, 1.82) is 0 Å². The SMILES string of the molecule is CC1CCC(Oc2nccc(NCCS(=O)(=O)CCO)n2)CC1. The molecule has 2 rings (SSSR count). The van der Waals surface area contributed by atoms with Crippen molar-refractivity contribution < 1.29 is 18.3 Å². The van der Waals surface area contributed by atoms with Crippen LogP contribution in [0.15, 0.2) is 12.3 Å². The minimum absolute atomic E-state index is 0.0474. The minimum Gasteiger partial charge on any atom is -0.460 e. The molecule has 0 spiro atoms. The first kappa shape index (κ1) is 17.9. The van der Waals surface area contributed by atoms with Crippen molar-refractivity contribution in [2.45, 2.75) is 38.7 Å². The van der Waals surface area contributed by atoms with Gasteiger partial charge in [0.15, 0.2) is 9.84 Å². The molecular formula is C15H25N3O4S. The Morgan fingerprint density at radius 2 is 2.04 bits per heavy atom. The minimum atomic E-state index is -3.23. The number of anilines is 1. The van der Waals surface area contributed by atoms with Gasteiger partial charge in [-0.15, -0.1) is 0 Å². The van der Waals surface area contributed by atoms with E-state index in [1.54, 1.807) is 12.3 Å². The standard InChI is InChI=1S/C15H25N3O4S/c1-12-2-4-13(5-3-12)22-15-17-7-6-14(18-15)16-8-10-23(20,21)11-9-19/h6-7,12-13,19H,2-5,8-11H2,1H3,(H,16,17,18). The first-order valence-electron chi connectivity index (χ1n) is 8.03. The van der Waals surface area contributed by atoms with Gasteiger partial charge in [-0.25, -0.2) is 13.4 Å². The van der Waals surface area contributed by atoms with Crippen molar-refractivity contribution in [1.82, 2.24) is 9.97 Å². The Morgan fingerprint density at radius 3 is 2.74 bits per heavy atom. The van der Waals surface area contributed by atoms with Gasteiger partial charge in [0.2, 0.25) is 0 Å². The van der Waals surface area contributed by atoms with Gasteiger partial charge in [0.05, 0.1) is 18.1 Å². The quantitative estimate of drug-likeness (QED) is 0.732. The van der Waals surface area contributed by atoms with E-state index < -0.39 is 9.84 Å². The summed E-state index contributed by atoms with van der Waals surface area (Å²) in [5.74, 6) is 1.03. The summed E-state index contributed by atoms with van der Waals surface area (Å²) >= 11 is 0. The Labute approximate surface area is 137 Å². The molecule has 1 aromatic rings. The van der Waals surface area contributed by atoms with Gasteiger partial charge in [0.1, 0.15) is 11.9 Å². The Bertz CT molecular complexity index is 586. The highest BCUT2D eigenvalue weighted by molar-refractivity contribution is 7.91. The second kappa shape index (κ2) is 8.44. The summed E-state index contributed by atoms with van der Waals surface area (Å²) in [7, 11) is -3.23. The van der Waals surface area contributed by atoms with E-state index in [-0.39, 0.29) is 30.8 Å². The summed E-state index contributed by atoms with van der Waals surface area (Å²) in [4.78, 5) is 8.38. The molecule has 0 atom stereocenters. The number of aromatic nitrogens is 2. The van der Waals surface area contributed by atoms with E-state index in [1.165, 1.54) is 0 Å². The van der Waals surface area contributed by atoms with E-state index in [2.05, 4.69) is 22.2 Å². The molecule has 1 aliphatic carbocycles. The van der Waals surface area contributed by atoms with Crippen LogP contribution in [0.4, 0.5) is 5.82 Å². The number of hydrogen-bond acceptors (Lipinski definition) is 7. The first-order chi connectivity index (χ1) is 11.0. The highest BCUT2D eigenvalue weighted by Gasteiger charge is 2.20. The predicted molar refractivity (Wildman–Crippen MR) is 88.3 cm³/mol. The van der Waals surface area contributed by atoms with Gasteiger partial charge >= 0.3 is 6.01 Å². The summed E-state index contributed by atoms with van der Waals surface area (Å²) in [5.41, 5.74) is 0. The third kappa shape index (κ3) is 6.31. The van der Waals surface area contributed by atoms with E-state index >= 15 is 0 Å². The summed E-state index contributed by atoms with van der Waals surface area (Å²) in [5, 5.41) is 11.6. The van der Waals surface area contributed by atoms with Gasteiger partial charge in [0.25, 0.3) is 0 Å². The predicted octanol–water partition coefficient (Wildman–Crippen LogP) is 1.25. The van der Waals surface area contributed by atoms with E-state index in [1.807, 2.05) is 0 Å². The smallest absolute Gasteiger partial charge is 0.318 e. The molecule has 1 heterocycles. The average Bonchev–Trinajstić information content (AvgIpc) is 2.50. The van der Waals surface area contributed by atoms with Crippen LogP contribution in [-0.2, 0) is 9.84 Å². The van der Waals surface area contributed by atoms with Crippen molar-refractivity contribution in [3.63, 3.8) is 0 Å².